The topological polar surface area (TPSA) is 76.1 Å². The summed E-state index contributed by atoms with van der Waals surface area (Å²) in [6.07, 6.45) is 0.501. The number of benzene rings is 1. The van der Waals surface area contributed by atoms with E-state index in [1.807, 2.05) is 26.8 Å². The highest BCUT2D eigenvalue weighted by Gasteiger charge is 2.18. The fraction of sp³-hybridized carbons (Fsp3) is 0.429. The first-order chi connectivity index (χ1) is 8.37. The molecule has 0 amide bonds. The second-order valence-corrected chi connectivity index (χ2v) is 4.92. The Morgan fingerprint density at radius 3 is 2.78 bits per heavy atom. The molecule has 0 saturated heterocycles. The quantitative estimate of drug-likeness (QED) is 0.654. The van der Waals surface area contributed by atoms with Crippen molar-refractivity contribution in [3.05, 3.63) is 29.3 Å². The SMILES string of the molecule is Cc1cccc(C(=O)OCCC(C)(C)C#N)c1N. The summed E-state index contributed by atoms with van der Waals surface area (Å²) in [5.74, 6) is -0.440. The predicted molar refractivity (Wildman–Crippen MR) is 69.9 cm³/mol. The molecule has 4 nitrogen and oxygen atoms in total. The molecule has 0 bridgehead atoms. The Bertz CT molecular complexity index is 487. The van der Waals surface area contributed by atoms with Crippen LogP contribution in [0.1, 0.15) is 36.2 Å². The number of nitrogens with two attached hydrogens (primary N) is 1. The van der Waals surface area contributed by atoms with Crippen LogP contribution in [0.4, 0.5) is 5.69 Å². The molecule has 18 heavy (non-hydrogen) atoms. The average Bonchev–Trinajstić information content (AvgIpc) is 2.32. The van der Waals surface area contributed by atoms with E-state index in [2.05, 4.69) is 6.07 Å². The van der Waals surface area contributed by atoms with Crippen LogP contribution < -0.4 is 5.73 Å². The minimum Gasteiger partial charge on any atom is -0.462 e. The number of ether oxygens (including phenoxy) is 1. The minimum atomic E-state index is -0.488. The van der Waals surface area contributed by atoms with Gasteiger partial charge < -0.3 is 10.5 Å². The lowest BCUT2D eigenvalue weighted by molar-refractivity contribution is 0.0476. The summed E-state index contributed by atoms with van der Waals surface area (Å²) in [5, 5.41) is 8.85. The number of hydrogen-bond donors (Lipinski definition) is 1. The number of esters is 1. The summed E-state index contributed by atoms with van der Waals surface area (Å²) in [6, 6.07) is 7.40. The first-order valence-electron chi connectivity index (χ1n) is 5.81. The van der Waals surface area contributed by atoms with Crippen LogP contribution in [0.15, 0.2) is 18.2 Å². The van der Waals surface area contributed by atoms with Gasteiger partial charge >= 0.3 is 5.97 Å². The lowest BCUT2D eigenvalue weighted by atomic mass is 9.92. The molecule has 1 aromatic carbocycles. The van der Waals surface area contributed by atoms with Gasteiger partial charge in [0.25, 0.3) is 0 Å². The Labute approximate surface area is 107 Å². The maximum Gasteiger partial charge on any atom is 0.340 e. The molecule has 0 spiro atoms. The monoisotopic (exact) mass is 246 g/mol. The standard InChI is InChI=1S/C14H18N2O2/c1-10-5-4-6-11(12(10)16)13(17)18-8-7-14(2,3)9-15/h4-6H,7-8,16H2,1-3H3. The average molecular weight is 246 g/mol. The zero-order chi connectivity index (χ0) is 13.8. The van der Waals surface area contributed by atoms with Crippen molar-refractivity contribution in [2.75, 3.05) is 12.3 Å². The molecule has 1 aromatic rings. The van der Waals surface area contributed by atoms with E-state index in [9.17, 15) is 4.79 Å². The van der Waals surface area contributed by atoms with Gasteiger partial charge in [-0.05, 0) is 38.8 Å². The molecule has 96 valence electrons. The summed E-state index contributed by atoms with van der Waals surface area (Å²) in [5.41, 5.74) is 7.00. The molecule has 0 aliphatic carbocycles. The number of nitrogens with zero attached hydrogens (tertiary/aromatic N) is 1. The van der Waals surface area contributed by atoms with Gasteiger partial charge in [0, 0.05) is 5.69 Å². The minimum absolute atomic E-state index is 0.215. The Kier molecular flexibility index (Phi) is 4.33. The van der Waals surface area contributed by atoms with E-state index in [0.29, 0.717) is 17.7 Å². The lowest BCUT2D eigenvalue weighted by Crippen LogP contribution is -2.15. The normalized spacial score (nSPS) is 10.8. The van der Waals surface area contributed by atoms with Crippen LogP contribution >= 0.6 is 0 Å². The van der Waals surface area contributed by atoms with Crippen molar-refractivity contribution in [3.63, 3.8) is 0 Å². The number of aryl methyl sites for hydroxylation is 1. The first-order valence-corrected chi connectivity index (χ1v) is 5.81. The Hall–Kier alpha value is -2.02. The third-order valence-corrected chi connectivity index (χ3v) is 2.81. The second kappa shape index (κ2) is 5.54. The molecule has 4 heteroatoms. The highest BCUT2D eigenvalue weighted by atomic mass is 16.5. The van der Waals surface area contributed by atoms with Gasteiger partial charge in [-0.2, -0.15) is 5.26 Å². The maximum absolute atomic E-state index is 11.8. The zero-order valence-electron chi connectivity index (χ0n) is 11.0. The van der Waals surface area contributed by atoms with Crippen LogP contribution in [0.2, 0.25) is 0 Å². The van der Waals surface area contributed by atoms with Crippen molar-refractivity contribution >= 4 is 11.7 Å². The van der Waals surface area contributed by atoms with Gasteiger partial charge in [0.15, 0.2) is 0 Å². The van der Waals surface area contributed by atoms with E-state index < -0.39 is 11.4 Å². The van der Waals surface area contributed by atoms with E-state index in [1.54, 1.807) is 12.1 Å². The zero-order valence-corrected chi connectivity index (χ0v) is 11.0. The number of para-hydroxylation sites is 1. The summed E-state index contributed by atoms with van der Waals surface area (Å²) >= 11 is 0. The van der Waals surface area contributed by atoms with Gasteiger partial charge in [0.05, 0.1) is 23.7 Å². The Balaban J connectivity index is 2.62. The van der Waals surface area contributed by atoms with Gasteiger partial charge in [-0.25, -0.2) is 4.79 Å². The van der Waals surface area contributed by atoms with Gasteiger partial charge in [-0.15, -0.1) is 0 Å². The molecule has 0 aliphatic rings. The molecule has 0 fully saturated rings. The lowest BCUT2D eigenvalue weighted by Gasteiger charge is -2.15. The summed E-state index contributed by atoms with van der Waals surface area (Å²) in [4.78, 5) is 11.8. The smallest absolute Gasteiger partial charge is 0.340 e. The number of rotatable bonds is 4. The number of anilines is 1. The van der Waals surface area contributed by atoms with Crippen molar-refractivity contribution in [2.45, 2.75) is 27.2 Å². The largest absolute Gasteiger partial charge is 0.462 e. The van der Waals surface area contributed by atoms with Crippen molar-refractivity contribution in [1.82, 2.24) is 0 Å². The third-order valence-electron chi connectivity index (χ3n) is 2.81. The summed E-state index contributed by atoms with van der Waals surface area (Å²) < 4.78 is 5.13. The van der Waals surface area contributed by atoms with E-state index >= 15 is 0 Å². The second-order valence-electron chi connectivity index (χ2n) is 4.92. The molecule has 1 rings (SSSR count). The van der Waals surface area contributed by atoms with Crippen molar-refractivity contribution in [2.24, 2.45) is 5.41 Å². The molecule has 0 radical (unpaired) electrons. The molecule has 0 atom stereocenters. The fourth-order valence-electron chi connectivity index (χ4n) is 1.39. The van der Waals surface area contributed by atoms with Crippen molar-refractivity contribution in [3.8, 4) is 6.07 Å². The third kappa shape index (κ3) is 3.49. The molecule has 0 aromatic heterocycles. The van der Waals surface area contributed by atoms with Gasteiger partial charge in [0.1, 0.15) is 0 Å². The van der Waals surface area contributed by atoms with Gasteiger partial charge in [-0.1, -0.05) is 12.1 Å². The first kappa shape index (κ1) is 14.0. The van der Waals surface area contributed by atoms with E-state index in [0.717, 1.165) is 5.56 Å². The predicted octanol–water partition coefficient (Wildman–Crippen LogP) is 2.67. The molecule has 0 unspecified atom stereocenters. The number of nitriles is 1. The maximum atomic E-state index is 11.8. The van der Waals surface area contributed by atoms with Crippen LogP contribution in [-0.4, -0.2) is 12.6 Å². The molecule has 0 aliphatic heterocycles. The van der Waals surface area contributed by atoms with Crippen molar-refractivity contribution in [1.29, 1.82) is 5.26 Å². The number of hydrogen-bond acceptors (Lipinski definition) is 4. The number of carbonyl (C=O) groups excluding carboxylic acids is 1. The van der Waals surface area contributed by atoms with Crippen LogP contribution in [0.5, 0.6) is 0 Å². The summed E-state index contributed by atoms with van der Waals surface area (Å²) in [6.45, 7) is 5.67. The van der Waals surface area contributed by atoms with Crippen molar-refractivity contribution < 1.29 is 9.53 Å². The highest BCUT2D eigenvalue weighted by Crippen LogP contribution is 2.20. The van der Waals surface area contributed by atoms with E-state index in [-0.39, 0.29) is 6.61 Å². The summed E-state index contributed by atoms with van der Waals surface area (Å²) in [7, 11) is 0. The molecule has 0 heterocycles. The van der Waals surface area contributed by atoms with E-state index in [4.69, 9.17) is 15.7 Å². The Morgan fingerprint density at radius 2 is 2.17 bits per heavy atom. The molecule has 2 N–H and O–H groups in total. The Morgan fingerprint density at radius 1 is 1.50 bits per heavy atom. The molecule has 0 saturated carbocycles. The fourth-order valence-corrected chi connectivity index (χ4v) is 1.39. The molecular weight excluding hydrogens is 228 g/mol. The number of carbonyl (C=O) groups is 1. The highest BCUT2D eigenvalue weighted by molar-refractivity contribution is 5.95. The van der Waals surface area contributed by atoms with Gasteiger partial charge in [-0.3, -0.25) is 0 Å². The molecular formula is C14H18N2O2. The van der Waals surface area contributed by atoms with E-state index in [1.165, 1.54) is 0 Å². The van der Waals surface area contributed by atoms with Crippen LogP contribution in [0.25, 0.3) is 0 Å². The van der Waals surface area contributed by atoms with Gasteiger partial charge in [0.2, 0.25) is 0 Å². The number of nitrogen functional groups attached to an aromatic ring is 1. The van der Waals surface area contributed by atoms with Crippen LogP contribution in [-0.2, 0) is 4.74 Å². The van der Waals surface area contributed by atoms with Crippen LogP contribution in [0, 0.1) is 23.7 Å². The van der Waals surface area contributed by atoms with Crippen LogP contribution in [0.3, 0.4) is 0 Å².